The molecule has 0 spiro atoms. The lowest BCUT2D eigenvalue weighted by molar-refractivity contribution is 0.0230. The summed E-state index contributed by atoms with van der Waals surface area (Å²) in [4.78, 5) is 0. The molecule has 2 nitrogen and oxygen atoms in total. The fraction of sp³-hybridized carbons (Fsp3) is 0.400. The minimum absolute atomic E-state index is 0.0246. The monoisotopic (exact) mass is 220 g/mol. The van der Waals surface area contributed by atoms with Crippen molar-refractivity contribution >= 4 is 0 Å². The standard InChI is InChI=1S/C10H11F3O2/c1-10(14,5-11)9-7(12)3-6(15-2)4-8(9)13/h3-4,14H,5H2,1-2H3. The number of benzene rings is 1. The first kappa shape index (κ1) is 11.8. The van der Waals surface area contributed by atoms with Crippen molar-refractivity contribution in [2.45, 2.75) is 12.5 Å². The second-order valence-corrected chi connectivity index (χ2v) is 3.37. The molecule has 84 valence electrons. The summed E-state index contributed by atoms with van der Waals surface area (Å²) in [7, 11) is 1.25. The molecule has 0 aliphatic rings. The summed E-state index contributed by atoms with van der Waals surface area (Å²) in [5.74, 6) is -2.09. The Morgan fingerprint density at radius 1 is 1.33 bits per heavy atom. The molecule has 0 amide bonds. The van der Waals surface area contributed by atoms with Gasteiger partial charge in [0.25, 0.3) is 0 Å². The topological polar surface area (TPSA) is 29.5 Å². The first-order chi connectivity index (χ1) is 6.92. The van der Waals surface area contributed by atoms with Crippen LogP contribution < -0.4 is 4.74 Å². The average Bonchev–Trinajstić information content (AvgIpc) is 2.16. The van der Waals surface area contributed by atoms with Crippen molar-refractivity contribution in [3.8, 4) is 5.75 Å². The first-order valence-electron chi connectivity index (χ1n) is 4.24. The molecule has 1 N–H and O–H groups in total. The largest absolute Gasteiger partial charge is 0.497 e. The van der Waals surface area contributed by atoms with E-state index < -0.39 is 29.5 Å². The minimum Gasteiger partial charge on any atom is -0.497 e. The maximum atomic E-state index is 13.3. The Hall–Kier alpha value is -1.23. The number of aliphatic hydroxyl groups is 1. The van der Waals surface area contributed by atoms with Crippen LogP contribution in [0.4, 0.5) is 13.2 Å². The lowest BCUT2D eigenvalue weighted by Gasteiger charge is -2.21. The lowest BCUT2D eigenvalue weighted by Crippen LogP contribution is -2.26. The van der Waals surface area contributed by atoms with Gasteiger partial charge in [0.05, 0.1) is 12.7 Å². The molecule has 0 aliphatic carbocycles. The normalized spacial score (nSPS) is 14.8. The van der Waals surface area contributed by atoms with Gasteiger partial charge in [-0.3, -0.25) is 0 Å². The summed E-state index contributed by atoms with van der Waals surface area (Å²) < 4.78 is 43.7. The number of halogens is 3. The van der Waals surface area contributed by atoms with Gasteiger partial charge in [-0.2, -0.15) is 0 Å². The lowest BCUT2D eigenvalue weighted by atomic mass is 9.96. The van der Waals surface area contributed by atoms with Crippen LogP contribution in [-0.2, 0) is 5.60 Å². The zero-order valence-corrected chi connectivity index (χ0v) is 8.35. The quantitative estimate of drug-likeness (QED) is 0.845. The van der Waals surface area contributed by atoms with Crippen LogP contribution in [0.2, 0.25) is 0 Å². The van der Waals surface area contributed by atoms with Crippen LogP contribution in [0.1, 0.15) is 12.5 Å². The highest BCUT2D eigenvalue weighted by molar-refractivity contribution is 5.33. The van der Waals surface area contributed by atoms with E-state index in [4.69, 9.17) is 0 Å². The number of ether oxygens (including phenoxy) is 1. The zero-order chi connectivity index (χ0) is 11.6. The van der Waals surface area contributed by atoms with E-state index in [0.29, 0.717) is 0 Å². The zero-order valence-electron chi connectivity index (χ0n) is 8.35. The van der Waals surface area contributed by atoms with E-state index in [1.165, 1.54) is 7.11 Å². The van der Waals surface area contributed by atoms with Gasteiger partial charge < -0.3 is 9.84 Å². The summed E-state index contributed by atoms with van der Waals surface area (Å²) in [6.45, 7) is -0.270. The molecule has 0 saturated carbocycles. The van der Waals surface area contributed by atoms with Crippen LogP contribution in [0.3, 0.4) is 0 Å². The molecule has 0 fully saturated rings. The van der Waals surface area contributed by atoms with Gasteiger partial charge in [0.15, 0.2) is 0 Å². The fourth-order valence-corrected chi connectivity index (χ4v) is 1.25. The Morgan fingerprint density at radius 3 is 2.13 bits per heavy atom. The Bertz CT molecular complexity index is 341. The van der Waals surface area contributed by atoms with Gasteiger partial charge in [-0.1, -0.05) is 0 Å². The maximum absolute atomic E-state index is 13.3. The molecule has 0 bridgehead atoms. The minimum atomic E-state index is -2.17. The van der Waals surface area contributed by atoms with Crippen LogP contribution in [0.15, 0.2) is 12.1 Å². The van der Waals surface area contributed by atoms with Crippen molar-refractivity contribution in [1.82, 2.24) is 0 Å². The molecule has 0 radical (unpaired) electrons. The van der Waals surface area contributed by atoms with E-state index >= 15 is 0 Å². The number of hydrogen-bond donors (Lipinski definition) is 1. The Morgan fingerprint density at radius 2 is 1.80 bits per heavy atom. The molecule has 1 aromatic carbocycles. The highest BCUT2D eigenvalue weighted by atomic mass is 19.1. The molecule has 15 heavy (non-hydrogen) atoms. The molecule has 1 rings (SSSR count). The summed E-state index contributed by atoms with van der Waals surface area (Å²) in [5, 5.41) is 9.42. The SMILES string of the molecule is COc1cc(F)c(C(C)(O)CF)c(F)c1. The van der Waals surface area contributed by atoms with Gasteiger partial charge in [-0.05, 0) is 6.92 Å². The highest BCUT2D eigenvalue weighted by Crippen LogP contribution is 2.29. The van der Waals surface area contributed by atoms with Crippen LogP contribution in [-0.4, -0.2) is 18.9 Å². The fourth-order valence-electron chi connectivity index (χ4n) is 1.25. The average molecular weight is 220 g/mol. The summed E-state index contributed by atoms with van der Waals surface area (Å²) in [6, 6.07) is 1.78. The van der Waals surface area contributed by atoms with Crippen molar-refractivity contribution in [1.29, 1.82) is 0 Å². The van der Waals surface area contributed by atoms with E-state index in [1.54, 1.807) is 0 Å². The number of hydrogen-bond acceptors (Lipinski definition) is 2. The van der Waals surface area contributed by atoms with Crippen LogP contribution in [0.5, 0.6) is 5.75 Å². The molecule has 1 aromatic rings. The number of alkyl halides is 1. The third-order valence-electron chi connectivity index (χ3n) is 2.05. The van der Waals surface area contributed by atoms with Gasteiger partial charge in [0, 0.05) is 12.1 Å². The molecule has 0 aromatic heterocycles. The van der Waals surface area contributed by atoms with E-state index in [0.717, 1.165) is 19.1 Å². The molecule has 5 heteroatoms. The second kappa shape index (κ2) is 4.10. The molecule has 0 saturated heterocycles. The summed E-state index contributed by atoms with van der Waals surface area (Å²) in [5.41, 5.74) is -2.86. The van der Waals surface area contributed by atoms with Crippen molar-refractivity contribution in [3.05, 3.63) is 29.3 Å². The predicted octanol–water partition coefficient (Wildman–Crippen LogP) is 2.15. The van der Waals surface area contributed by atoms with Crippen LogP contribution in [0.25, 0.3) is 0 Å². The molecule has 0 heterocycles. The van der Waals surface area contributed by atoms with Gasteiger partial charge in [-0.25, -0.2) is 13.2 Å². The van der Waals surface area contributed by atoms with E-state index in [9.17, 15) is 18.3 Å². The van der Waals surface area contributed by atoms with E-state index in [2.05, 4.69) is 4.74 Å². The smallest absolute Gasteiger partial charge is 0.136 e. The van der Waals surface area contributed by atoms with Crippen molar-refractivity contribution < 1.29 is 23.0 Å². The van der Waals surface area contributed by atoms with Gasteiger partial charge in [0.1, 0.15) is 29.7 Å². The third kappa shape index (κ3) is 2.23. The van der Waals surface area contributed by atoms with Gasteiger partial charge >= 0.3 is 0 Å². The van der Waals surface area contributed by atoms with Crippen LogP contribution in [0, 0.1) is 11.6 Å². The second-order valence-electron chi connectivity index (χ2n) is 3.37. The third-order valence-corrected chi connectivity index (χ3v) is 2.05. The van der Waals surface area contributed by atoms with Gasteiger partial charge in [-0.15, -0.1) is 0 Å². The first-order valence-corrected chi connectivity index (χ1v) is 4.24. The summed E-state index contributed by atoms with van der Waals surface area (Å²) >= 11 is 0. The van der Waals surface area contributed by atoms with Crippen molar-refractivity contribution in [2.24, 2.45) is 0 Å². The molecule has 1 unspecified atom stereocenters. The van der Waals surface area contributed by atoms with Crippen LogP contribution >= 0.6 is 0 Å². The van der Waals surface area contributed by atoms with Gasteiger partial charge in [0.2, 0.25) is 0 Å². The van der Waals surface area contributed by atoms with E-state index in [-0.39, 0.29) is 5.75 Å². The highest BCUT2D eigenvalue weighted by Gasteiger charge is 2.30. The number of rotatable bonds is 3. The molecular formula is C10H11F3O2. The summed E-state index contributed by atoms with van der Waals surface area (Å²) in [6.07, 6.45) is 0. The molecule has 1 atom stereocenters. The number of methoxy groups -OCH3 is 1. The van der Waals surface area contributed by atoms with E-state index in [1.807, 2.05) is 0 Å². The molecular weight excluding hydrogens is 209 g/mol. The Balaban J connectivity index is 3.31. The Labute approximate surface area is 85.3 Å². The Kier molecular flexibility index (Phi) is 3.24. The van der Waals surface area contributed by atoms with Crippen molar-refractivity contribution in [2.75, 3.05) is 13.8 Å². The van der Waals surface area contributed by atoms with Crippen molar-refractivity contribution in [3.63, 3.8) is 0 Å². The molecule has 0 aliphatic heterocycles. The maximum Gasteiger partial charge on any atom is 0.136 e. The predicted molar refractivity (Wildman–Crippen MR) is 48.5 cm³/mol.